The van der Waals surface area contributed by atoms with Gasteiger partial charge in [-0.1, -0.05) is 13.8 Å². The third-order valence-corrected chi connectivity index (χ3v) is 8.82. The van der Waals surface area contributed by atoms with Crippen molar-refractivity contribution in [2.24, 2.45) is 41.4 Å². The van der Waals surface area contributed by atoms with Gasteiger partial charge in [0.15, 0.2) is 0 Å². The monoisotopic (exact) mass is 327 g/mol. The van der Waals surface area contributed by atoms with E-state index in [1.807, 2.05) is 13.8 Å². The van der Waals surface area contributed by atoms with E-state index in [-0.39, 0.29) is 0 Å². The lowest BCUT2D eigenvalue weighted by atomic mass is 9.66. The van der Waals surface area contributed by atoms with E-state index in [1.165, 1.54) is 32.1 Å². The Morgan fingerprint density at radius 3 is 2.14 bits per heavy atom. The molecule has 0 N–H and O–H groups in total. The van der Waals surface area contributed by atoms with E-state index in [9.17, 15) is 13.0 Å². The molecule has 0 radical (unpaired) electrons. The molecule has 0 heterocycles. The summed E-state index contributed by atoms with van der Waals surface area (Å²) in [6, 6.07) is 0. The van der Waals surface area contributed by atoms with Crippen LogP contribution in [-0.2, 0) is 10.1 Å². The molecule has 3 nitrogen and oxygen atoms in total. The van der Waals surface area contributed by atoms with Crippen LogP contribution >= 0.6 is 0 Å². The summed E-state index contributed by atoms with van der Waals surface area (Å²) in [6.45, 7) is 7.25. The van der Waals surface area contributed by atoms with E-state index >= 15 is 0 Å². The van der Waals surface area contributed by atoms with Crippen molar-refractivity contribution in [3.63, 3.8) is 0 Å². The van der Waals surface area contributed by atoms with Crippen LogP contribution in [-0.4, -0.2) is 17.7 Å². The highest BCUT2D eigenvalue weighted by Gasteiger charge is 2.62. The van der Waals surface area contributed by atoms with Gasteiger partial charge < -0.3 is 4.55 Å². The molecule has 128 valence electrons. The van der Waals surface area contributed by atoms with Gasteiger partial charge in [-0.05, 0) is 93.8 Å². The van der Waals surface area contributed by atoms with Gasteiger partial charge in [-0.25, -0.2) is 8.42 Å². The molecule has 4 fully saturated rings. The predicted octanol–water partition coefficient (Wildman–Crippen LogP) is 4.04. The Bertz CT molecular complexity index is 524. The van der Waals surface area contributed by atoms with Crippen LogP contribution < -0.4 is 0 Å². The first-order valence-electron chi connectivity index (χ1n) is 9.23. The van der Waals surface area contributed by atoms with E-state index in [0.717, 1.165) is 35.5 Å². The number of fused-ring (bicyclic) bond motifs is 9. The van der Waals surface area contributed by atoms with Gasteiger partial charge in [-0.2, -0.15) is 0 Å². The molecule has 0 saturated heterocycles. The molecule has 0 aliphatic heterocycles. The van der Waals surface area contributed by atoms with Gasteiger partial charge >= 0.3 is 0 Å². The van der Waals surface area contributed by atoms with E-state index in [0.29, 0.717) is 12.3 Å². The van der Waals surface area contributed by atoms with Crippen LogP contribution in [0.25, 0.3) is 0 Å². The Kier molecular flexibility index (Phi) is 4.17. The second-order valence-electron chi connectivity index (χ2n) is 8.56. The average molecular weight is 328 g/mol. The number of rotatable bonds is 3. The minimum Gasteiger partial charge on any atom is -0.748 e. The molecule has 22 heavy (non-hydrogen) atoms. The highest BCUT2D eigenvalue weighted by molar-refractivity contribution is 7.87. The lowest BCUT2D eigenvalue weighted by molar-refractivity contribution is 0.0962. The van der Waals surface area contributed by atoms with Crippen LogP contribution in [0.15, 0.2) is 0 Å². The molecule has 0 aromatic heterocycles. The Morgan fingerprint density at radius 2 is 1.55 bits per heavy atom. The molecule has 0 aromatic carbocycles. The van der Waals surface area contributed by atoms with Gasteiger partial charge in [0.25, 0.3) is 0 Å². The molecule has 0 aromatic rings. The molecule has 0 spiro atoms. The number of hydrogen-bond donors (Lipinski definition) is 0. The Labute approximate surface area is 136 Å². The minimum atomic E-state index is -4.19. The quantitative estimate of drug-likeness (QED) is 0.580. The third kappa shape index (κ3) is 2.36. The zero-order valence-electron chi connectivity index (χ0n) is 14.4. The fourth-order valence-electron chi connectivity index (χ4n) is 6.67. The van der Waals surface area contributed by atoms with Crippen molar-refractivity contribution in [3.8, 4) is 0 Å². The van der Waals surface area contributed by atoms with E-state index in [1.54, 1.807) is 13.8 Å². The Balaban J connectivity index is 0.000000693. The molecular weight excluding hydrogens is 296 g/mol. The molecule has 4 aliphatic rings. The SMILES string of the molecule is CC.CC(C)(CC1CC2CC1C1C3CCC(C3)C21)S(=O)(=O)[O-]. The molecule has 4 aliphatic carbocycles. The summed E-state index contributed by atoms with van der Waals surface area (Å²) < 4.78 is 33.3. The lowest BCUT2D eigenvalue weighted by Gasteiger charge is -2.41. The van der Waals surface area contributed by atoms with E-state index in [2.05, 4.69) is 0 Å². The second kappa shape index (κ2) is 5.47. The maximum atomic E-state index is 11.4. The molecule has 0 amide bonds. The summed E-state index contributed by atoms with van der Waals surface area (Å²) >= 11 is 0. The van der Waals surface area contributed by atoms with Crippen molar-refractivity contribution in [1.29, 1.82) is 0 Å². The van der Waals surface area contributed by atoms with Gasteiger partial charge in [0, 0.05) is 0 Å². The maximum Gasteiger partial charge on any atom is 0.0999 e. The first kappa shape index (κ1) is 16.8. The number of hydrogen-bond acceptors (Lipinski definition) is 3. The second-order valence-corrected chi connectivity index (χ2v) is 10.6. The minimum absolute atomic E-state index is 0.485. The van der Waals surface area contributed by atoms with Crippen LogP contribution in [0.5, 0.6) is 0 Å². The molecule has 4 saturated carbocycles. The predicted molar refractivity (Wildman–Crippen MR) is 87.3 cm³/mol. The molecule has 4 heteroatoms. The van der Waals surface area contributed by atoms with Gasteiger partial charge in [-0.3, -0.25) is 0 Å². The van der Waals surface area contributed by atoms with Crippen molar-refractivity contribution in [2.75, 3.05) is 0 Å². The molecule has 4 bridgehead atoms. The summed E-state index contributed by atoms with van der Waals surface area (Å²) in [5.41, 5.74) is 0. The molecule has 4 rings (SSSR count). The standard InChI is InChI=1S/C16H26O3S.C2H6/c1-16(2,20(17,18)19)8-12-6-11-7-13(12)15-10-4-3-9(5-10)14(11)15;1-2/h9-15H,3-8H2,1-2H3,(H,17,18,19);1-2H3/p-1. The van der Waals surface area contributed by atoms with Gasteiger partial charge in [-0.15, -0.1) is 0 Å². The zero-order valence-corrected chi connectivity index (χ0v) is 15.2. The summed E-state index contributed by atoms with van der Waals surface area (Å²) in [7, 11) is -4.19. The average Bonchev–Trinajstić information content (AvgIpc) is 3.17. The largest absolute Gasteiger partial charge is 0.748 e. The maximum absolute atomic E-state index is 11.4. The fourth-order valence-corrected chi connectivity index (χ4v) is 7.09. The summed E-state index contributed by atoms with van der Waals surface area (Å²) in [6.07, 6.45) is 7.39. The summed E-state index contributed by atoms with van der Waals surface area (Å²) in [4.78, 5) is 0. The van der Waals surface area contributed by atoms with Crippen LogP contribution in [0.3, 0.4) is 0 Å². The first-order chi connectivity index (χ1) is 10.3. The normalized spacial score (nSPS) is 45.6. The van der Waals surface area contributed by atoms with Gasteiger partial charge in [0.05, 0.1) is 14.9 Å². The smallest absolute Gasteiger partial charge is 0.0999 e. The van der Waals surface area contributed by atoms with Crippen LogP contribution in [0.2, 0.25) is 0 Å². The van der Waals surface area contributed by atoms with Gasteiger partial charge in [0.2, 0.25) is 0 Å². The topological polar surface area (TPSA) is 57.2 Å². The van der Waals surface area contributed by atoms with Crippen molar-refractivity contribution in [3.05, 3.63) is 0 Å². The van der Waals surface area contributed by atoms with Crippen molar-refractivity contribution in [2.45, 2.75) is 71.0 Å². The molecule has 7 atom stereocenters. The van der Waals surface area contributed by atoms with Crippen molar-refractivity contribution in [1.82, 2.24) is 0 Å². The van der Waals surface area contributed by atoms with Crippen molar-refractivity contribution < 1.29 is 13.0 Å². The Morgan fingerprint density at radius 1 is 0.955 bits per heavy atom. The molecule has 7 unspecified atom stereocenters. The van der Waals surface area contributed by atoms with E-state index in [4.69, 9.17) is 0 Å². The van der Waals surface area contributed by atoms with Crippen LogP contribution in [0.1, 0.15) is 66.2 Å². The van der Waals surface area contributed by atoms with Crippen LogP contribution in [0.4, 0.5) is 0 Å². The van der Waals surface area contributed by atoms with Gasteiger partial charge in [0.1, 0.15) is 0 Å². The Hall–Kier alpha value is -0.0900. The highest BCUT2D eigenvalue weighted by atomic mass is 32.2. The summed E-state index contributed by atoms with van der Waals surface area (Å²) in [5.74, 6) is 5.80. The van der Waals surface area contributed by atoms with Crippen LogP contribution in [0, 0.1) is 41.4 Å². The lowest BCUT2D eigenvalue weighted by Crippen LogP contribution is -2.39. The highest BCUT2D eigenvalue weighted by Crippen LogP contribution is 2.69. The first-order valence-corrected chi connectivity index (χ1v) is 10.6. The fraction of sp³-hybridized carbons (Fsp3) is 1.00. The summed E-state index contributed by atoms with van der Waals surface area (Å²) in [5, 5.41) is 0. The zero-order chi connectivity index (χ0) is 16.3. The van der Waals surface area contributed by atoms with Crippen molar-refractivity contribution >= 4 is 10.1 Å². The third-order valence-electron chi connectivity index (χ3n) is 7.30. The van der Waals surface area contributed by atoms with E-state index < -0.39 is 14.9 Å². The molecular formula is C18H31O3S-.